The van der Waals surface area contributed by atoms with E-state index in [1.807, 2.05) is 18.7 Å². The molecule has 22 heavy (non-hydrogen) atoms. The number of nitrogens with zero attached hydrogens (tertiary/aromatic N) is 3. The fraction of sp³-hybridized carbons (Fsp3) is 0.533. The molecular weight excluding hydrogens is 284 g/mol. The molecule has 1 saturated heterocycles. The number of aryl methyl sites for hydroxylation is 2. The van der Waals surface area contributed by atoms with Crippen LogP contribution in [-0.2, 0) is 16.0 Å². The van der Waals surface area contributed by atoms with Gasteiger partial charge in [-0.3, -0.25) is 4.79 Å². The van der Waals surface area contributed by atoms with Crippen molar-refractivity contribution in [1.29, 1.82) is 0 Å². The minimum Gasteiger partial charge on any atom is -0.380 e. The molecule has 1 amide bonds. The molecule has 0 radical (unpaired) electrons. The number of ether oxygens (including phenoxy) is 1. The predicted molar refractivity (Wildman–Crippen MR) is 78.1 cm³/mol. The SMILES string of the molecule is CO[C@@H]1CC(c2ncc[nH]2)N(C(=O)Cc2c(C)noc2C)C1. The molecule has 1 fully saturated rings. The fourth-order valence-electron chi connectivity index (χ4n) is 2.97. The summed E-state index contributed by atoms with van der Waals surface area (Å²) in [7, 11) is 1.67. The Kier molecular flexibility index (Phi) is 3.98. The van der Waals surface area contributed by atoms with E-state index in [-0.39, 0.29) is 24.5 Å². The second-order valence-corrected chi connectivity index (χ2v) is 5.61. The summed E-state index contributed by atoms with van der Waals surface area (Å²) in [6, 6.07) is -0.0760. The van der Waals surface area contributed by atoms with E-state index >= 15 is 0 Å². The fourth-order valence-corrected chi connectivity index (χ4v) is 2.97. The molecule has 1 N–H and O–H groups in total. The lowest BCUT2D eigenvalue weighted by molar-refractivity contribution is -0.131. The second-order valence-electron chi connectivity index (χ2n) is 5.61. The number of aromatic nitrogens is 3. The summed E-state index contributed by atoms with van der Waals surface area (Å²) in [5, 5.41) is 3.91. The number of amides is 1. The first-order chi connectivity index (χ1) is 10.6. The van der Waals surface area contributed by atoms with Gasteiger partial charge in [0.25, 0.3) is 0 Å². The van der Waals surface area contributed by atoms with Gasteiger partial charge in [0.05, 0.1) is 24.3 Å². The summed E-state index contributed by atoms with van der Waals surface area (Å²) < 4.78 is 10.6. The third kappa shape index (κ3) is 2.64. The van der Waals surface area contributed by atoms with Gasteiger partial charge in [-0.15, -0.1) is 0 Å². The number of nitrogens with one attached hydrogen (secondary N) is 1. The highest BCUT2D eigenvalue weighted by Gasteiger charge is 2.37. The van der Waals surface area contributed by atoms with Gasteiger partial charge >= 0.3 is 0 Å². The van der Waals surface area contributed by atoms with Crippen LogP contribution in [0.3, 0.4) is 0 Å². The van der Waals surface area contributed by atoms with Crippen LogP contribution in [0.1, 0.15) is 35.3 Å². The normalized spacial score (nSPS) is 21.5. The molecular formula is C15H20N4O3. The number of H-pyrrole nitrogens is 1. The Morgan fingerprint density at radius 1 is 1.55 bits per heavy atom. The molecule has 7 heteroatoms. The average molecular weight is 304 g/mol. The number of aromatic amines is 1. The largest absolute Gasteiger partial charge is 0.380 e. The van der Waals surface area contributed by atoms with Crippen molar-refractivity contribution in [3.8, 4) is 0 Å². The van der Waals surface area contributed by atoms with Crippen LogP contribution in [0.5, 0.6) is 0 Å². The summed E-state index contributed by atoms with van der Waals surface area (Å²) in [5.41, 5.74) is 1.63. The molecule has 7 nitrogen and oxygen atoms in total. The van der Waals surface area contributed by atoms with E-state index in [1.165, 1.54) is 0 Å². The van der Waals surface area contributed by atoms with Crippen molar-refractivity contribution in [2.75, 3.05) is 13.7 Å². The third-order valence-corrected chi connectivity index (χ3v) is 4.26. The van der Waals surface area contributed by atoms with Gasteiger partial charge < -0.3 is 19.1 Å². The molecule has 1 aliphatic heterocycles. The number of methoxy groups -OCH3 is 1. The lowest BCUT2D eigenvalue weighted by Gasteiger charge is -2.23. The molecule has 0 aliphatic carbocycles. The number of carbonyl (C=O) groups excluding carboxylic acids is 1. The van der Waals surface area contributed by atoms with Crippen LogP contribution in [0, 0.1) is 13.8 Å². The van der Waals surface area contributed by atoms with Crippen molar-refractivity contribution in [2.24, 2.45) is 0 Å². The molecule has 0 saturated carbocycles. The van der Waals surface area contributed by atoms with Crippen molar-refractivity contribution >= 4 is 5.91 Å². The first kappa shape index (κ1) is 14.8. The van der Waals surface area contributed by atoms with Crippen LogP contribution < -0.4 is 0 Å². The van der Waals surface area contributed by atoms with E-state index in [0.29, 0.717) is 12.3 Å². The monoisotopic (exact) mass is 304 g/mol. The van der Waals surface area contributed by atoms with Crippen molar-refractivity contribution < 1.29 is 14.1 Å². The van der Waals surface area contributed by atoms with Gasteiger partial charge in [-0.2, -0.15) is 0 Å². The highest BCUT2D eigenvalue weighted by Crippen LogP contribution is 2.32. The lowest BCUT2D eigenvalue weighted by Crippen LogP contribution is -2.33. The Morgan fingerprint density at radius 2 is 2.36 bits per heavy atom. The molecule has 2 aromatic heterocycles. The van der Waals surface area contributed by atoms with Crippen LogP contribution in [0.2, 0.25) is 0 Å². The molecule has 0 spiro atoms. The second kappa shape index (κ2) is 5.92. The smallest absolute Gasteiger partial charge is 0.227 e. The summed E-state index contributed by atoms with van der Waals surface area (Å²) in [4.78, 5) is 22.0. The van der Waals surface area contributed by atoms with Gasteiger partial charge in [0.15, 0.2) is 0 Å². The molecule has 0 bridgehead atoms. The van der Waals surface area contributed by atoms with Gasteiger partial charge in [0.1, 0.15) is 11.6 Å². The Labute approximate surface area is 128 Å². The summed E-state index contributed by atoms with van der Waals surface area (Å²) in [6.45, 7) is 4.25. The summed E-state index contributed by atoms with van der Waals surface area (Å²) >= 11 is 0. The van der Waals surface area contributed by atoms with Gasteiger partial charge in [-0.1, -0.05) is 5.16 Å². The van der Waals surface area contributed by atoms with Crippen molar-refractivity contribution in [2.45, 2.75) is 38.8 Å². The lowest BCUT2D eigenvalue weighted by atomic mass is 10.1. The minimum absolute atomic E-state index is 0.0312. The Hall–Kier alpha value is -2.15. The van der Waals surface area contributed by atoms with Gasteiger partial charge in [-0.05, 0) is 13.8 Å². The van der Waals surface area contributed by atoms with Crippen LogP contribution in [-0.4, -0.2) is 45.7 Å². The van der Waals surface area contributed by atoms with Crippen molar-refractivity contribution in [3.05, 3.63) is 35.2 Å². The number of hydrogen-bond acceptors (Lipinski definition) is 5. The van der Waals surface area contributed by atoms with Crippen molar-refractivity contribution in [3.63, 3.8) is 0 Å². The predicted octanol–water partition coefficient (Wildman–Crippen LogP) is 1.55. The maximum atomic E-state index is 12.7. The molecule has 2 atom stereocenters. The van der Waals surface area contributed by atoms with Crippen molar-refractivity contribution in [1.82, 2.24) is 20.0 Å². The maximum absolute atomic E-state index is 12.7. The first-order valence-corrected chi connectivity index (χ1v) is 7.33. The molecule has 3 rings (SSSR count). The highest BCUT2D eigenvalue weighted by molar-refractivity contribution is 5.80. The Bertz CT molecular complexity index is 630. The first-order valence-electron chi connectivity index (χ1n) is 7.33. The van der Waals surface area contributed by atoms with E-state index in [0.717, 1.165) is 23.5 Å². The maximum Gasteiger partial charge on any atom is 0.227 e. The number of carbonyl (C=O) groups is 1. The zero-order chi connectivity index (χ0) is 15.7. The molecule has 1 unspecified atom stereocenters. The molecule has 2 aromatic rings. The minimum atomic E-state index is -0.0760. The molecule has 1 aliphatic rings. The van der Waals surface area contributed by atoms with E-state index in [2.05, 4.69) is 15.1 Å². The number of likely N-dealkylation sites (tertiary alicyclic amines) is 1. The topological polar surface area (TPSA) is 84.2 Å². The number of hydrogen-bond donors (Lipinski definition) is 1. The standard InChI is InChI=1S/C15H20N4O3/c1-9-12(10(2)22-18-9)7-14(20)19-8-11(21-3)6-13(19)15-16-4-5-17-15/h4-5,11,13H,6-8H2,1-3H3,(H,16,17)/t11-,13?/m1/s1. The number of imidazole rings is 1. The summed E-state index contributed by atoms with van der Waals surface area (Å²) in [6.07, 6.45) is 4.54. The van der Waals surface area contributed by atoms with Gasteiger partial charge in [0.2, 0.25) is 5.91 Å². The van der Waals surface area contributed by atoms with E-state index in [9.17, 15) is 4.79 Å². The highest BCUT2D eigenvalue weighted by atomic mass is 16.5. The quantitative estimate of drug-likeness (QED) is 0.926. The van der Waals surface area contributed by atoms with Crippen LogP contribution in [0.4, 0.5) is 0 Å². The van der Waals surface area contributed by atoms with Crippen LogP contribution in [0.25, 0.3) is 0 Å². The van der Waals surface area contributed by atoms with Crippen LogP contribution in [0.15, 0.2) is 16.9 Å². The van der Waals surface area contributed by atoms with E-state index < -0.39 is 0 Å². The zero-order valence-corrected chi connectivity index (χ0v) is 13.0. The zero-order valence-electron chi connectivity index (χ0n) is 13.0. The molecule has 3 heterocycles. The van der Waals surface area contributed by atoms with Gasteiger partial charge in [-0.25, -0.2) is 4.98 Å². The van der Waals surface area contributed by atoms with Gasteiger partial charge in [0, 0.05) is 38.0 Å². The Morgan fingerprint density at radius 3 is 2.95 bits per heavy atom. The average Bonchev–Trinajstić information content (AvgIpc) is 3.22. The molecule has 118 valence electrons. The summed E-state index contributed by atoms with van der Waals surface area (Å²) in [5.74, 6) is 1.53. The number of rotatable bonds is 4. The Balaban J connectivity index is 1.80. The van der Waals surface area contributed by atoms with E-state index in [1.54, 1.807) is 19.5 Å². The van der Waals surface area contributed by atoms with E-state index in [4.69, 9.17) is 9.26 Å². The van der Waals surface area contributed by atoms with Crippen LogP contribution >= 0.6 is 0 Å². The molecule has 0 aromatic carbocycles. The third-order valence-electron chi connectivity index (χ3n) is 4.26.